The smallest absolute Gasteiger partial charge is 0.0577 e. The quantitative estimate of drug-likeness (QED) is 0.835. The molecular formula is C18H22BrN. The number of benzene rings is 2. The molecule has 0 amide bonds. The van der Waals surface area contributed by atoms with Crippen LogP contribution in [0.3, 0.4) is 0 Å². The maximum atomic E-state index is 3.60. The molecule has 1 atom stereocenters. The van der Waals surface area contributed by atoms with Crippen LogP contribution in [-0.2, 0) is 0 Å². The van der Waals surface area contributed by atoms with Crippen molar-refractivity contribution in [1.82, 2.24) is 5.32 Å². The fraction of sp³-hybridized carbons (Fsp3) is 0.333. The number of nitrogens with one attached hydrogen (secondary N) is 1. The Morgan fingerprint density at radius 2 is 1.50 bits per heavy atom. The van der Waals surface area contributed by atoms with Crippen LogP contribution in [0, 0.1) is 27.7 Å². The van der Waals surface area contributed by atoms with Gasteiger partial charge in [0.2, 0.25) is 0 Å². The van der Waals surface area contributed by atoms with Crippen LogP contribution in [0.5, 0.6) is 0 Å². The third-order valence-corrected chi connectivity index (χ3v) is 4.34. The van der Waals surface area contributed by atoms with Gasteiger partial charge >= 0.3 is 0 Å². The third kappa shape index (κ3) is 3.13. The first kappa shape index (κ1) is 15.3. The summed E-state index contributed by atoms with van der Waals surface area (Å²) in [7, 11) is 2.02. The highest BCUT2D eigenvalue weighted by molar-refractivity contribution is 9.10. The van der Waals surface area contributed by atoms with E-state index in [0.29, 0.717) is 0 Å². The van der Waals surface area contributed by atoms with Gasteiger partial charge in [-0.1, -0.05) is 34.1 Å². The summed E-state index contributed by atoms with van der Waals surface area (Å²) in [5.41, 5.74) is 7.96. The van der Waals surface area contributed by atoms with Crippen molar-refractivity contribution >= 4 is 15.9 Å². The van der Waals surface area contributed by atoms with Gasteiger partial charge in [0.1, 0.15) is 0 Å². The first-order valence-corrected chi connectivity index (χ1v) is 7.73. The molecule has 2 aromatic carbocycles. The van der Waals surface area contributed by atoms with Crippen LogP contribution in [0.25, 0.3) is 0 Å². The minimum absolute atomic E-state index is 0.227. The average molecular weight is 332 g/mol. The lowest BCUT2D eigenvalue weighted by Crippen LogP contribution is -2.19. The van der Waals surface area contributed by atoms with Gasteiger partial charge in [-0.15, -0.1) is 0 Å². The highest BCUT2D eigenvalue weighted by Gasteiger charge is 2.16. The molecule has 0 heterocycles. The Balaban J connectivity index is 2.55. The molecule has 0 aliphatic rings. The topological polar surface area (TPSA) is 12.0 Å². The molecule has 0 radical (unpaired) electrons. The molecule has 0 bridgehead atoms. The molecule has 0 saturated carbocycles. The zero-order valence-electron chi connectivity index (χ0n) is 12.8. The zero-order valence-corrected chi connectivity index (χ0v) is 14.4. The van der Waals surface area contributed by atoms with Gasteiger partial charge in [-0.3, -0.25) is 0 Å². The molecule has 0 aromatic heterocycles. The van der Waals surface area contributed by atoms with E-state index in [9.17, 15) is 0 Å². The van der Waals surface area contributed by atoms with Crippen molar-refractivity contribution in [2.24, 2.45) is 0 Å². The molecule has 106 valence electrons. The lowest BCUT2D eigenvalue weighted by Gasteiger charge is -2.21. The Bertz CT molecular complexity index is 611. The molecule has 0 fully saturated rings. The molecule has 2 heteroatoms. The summed E-state index contributed by atoms with van der Waals surface area (Å²) in [4.78, 5) is 0. The predicted molar refractivity (Wildman–Crippen MR) is 90.4 cm³/mol. The molecule has 1 N–H and O–H groups in total. The maximum Gasteiger partial charge on any atom is 0.0577 e. The summed E-state index contributed by atoms with van der Waals surface area (Å²) in [6, 6.07) is 11.4. The normalized spacial score (nSPS) is 12.5. The largest absolute Gasteiger partial charge is 0.309 e. The molecule has 1 unspecified atom stereocenters. The molecule has 0 aliphatic heterocycles. The highest BCUT2D eigenvalue weighted by Crippen LogP contribution is 2.29. The van der Waals surface area contributed by atoms with Gasteiger partial charge in [-0.25, -0.2) is 0 Å². The second kappa shape index (κ2) is 6.11. The Kier molecular flexibility index (Phi) is 4.66. The van der Waals surface area contributed by atoms with Gasteiger partial charge in [0.15, 0.2) is 0 Å². The minimum Gasteiger partial charge on any atom is -0.309 e. The van der Waals surface area contributed by atoms with Gasteiger partial charge in [0, 0.05) is 4.47 Å². The first-order chi connectivity index (χ1) is 9.42. The second-order valence-corrected chi connectivity index (χ2v) is 6.49. The molecule has 20 heavy (non-hydrogen) atoms. The molecule has 0 spiro atoms. The van der Waals surface area contributed by atoms with Gasteiger partial charge in [-0.05, 0) is 80.3 Å². The minimum atomic E-state index is 0.227. The van der Waals surface area contributed by atoms with E-state index in [2.05, 4.69) is 79.3 Å². The summed E-state index contributed by atoms with van der Waals surface area (Å²) in [6.45, 7) is 8.67. The molecular weight excluding hydrogens is 310 g/mol. The standard InChI is InChI=1S/C18H22BrN/c1-11-6-15(10-16(19)7-11)18(20-5)17-9-13(3)12(2)8-14(17)4/h6-10,18,20H,1-5H3. The molecule has 0 saturated heterocycles. The van der Waals surface area contributed by atoms with E-state index in [1.54, 1.807) is 0 Å². The first-order valence-electron chi connectivity index (χ1n) is 6.94. The fourth-order valence-corrected chi connectivity index (χ4v) is 3.35. The lowest BCUT2D eigenvalue weighted by atomic mass is 9.91. The van der Waals surface area contributed by atoms with Crippen molar-refractivity contribution < 1.29 is 0 Å². The van der Waals surface area contributed by atoms with E-state index in [1.165, 1.54) is 33.4 Å². The van der Waals surface area contributed by atoms with E-state index in [0.717, 1.165) is 4.47 Å². The van der Waals surface area contributed by atoms with Gasteiger partial charge in [-0.2, -0.15) is 0 Å². The Labute approximate surface area is 130 Å². The molecule has 2 rings (SSSR count). The Hall–Kier alpha value is -1.12. The van der Waals surface area contributed by atoms with Crippen molar-refractivity contribution in [1.29, 1.82) is 0 Å². The zero-order chi connectivity index (χ0) is 14.9. The van der Waals surface area contributed by atoms with Crippen LogP contribution in [0.4, 0.5) is 0 Å². The van der Waals surface area contributed by atoms with Crippen LogP contribution in [0.1, 0.15) is 39.4 Å². The van der Waals surface area contributed by atoms with Crippen molar-refractivity contribution in [2.45, 2.75) is 33.7 Å². The third-order valence-electron chi connectivity index (χ3n) is 3.88. The number of rotatable bonds is 3. The summed E-state index contributed by atoms with van der Waals surface area (Å²) in [5.74, 6) is 0. The van der Waals surface area contributed by atoms with Crippen LogP contribution < -0.4 is 5.32 Å². The van der Waals surface area contributed by atoms with E-state index >= 15 is 0 Å². The van der Waals surface area contributed by atoms with Gasteiger partial charge in [0.25, 0.3) is 0 Å². The van der Waals surface area contributed by atoms with E-state index in [4.69, 9.17) is 0 Å². The SMILES string of the molecule is CNC(c1cc(C)cc(Br)c1)c1cc(C)c(C)cc1C. The van der Waals surface area contributed by atoms with E-state index in [-0.39, 0.29) is 6.04 Å². The van der Waals surface area contributed by atoms with Crippen molar-refractivity contribution in [3.63, 3.8) is 0 Å². The Morgan fingerprint density at radius 3 is 2.10 bits per heavy atom. The average Bonchev–Trinajstić information content (AvgIpc) is 2.35. The lowest BCUT2D eigenvalue weighted by molar-refractivity contribution is 0.685. The fourth-order valence-electron chi connectivity index (χ4n) is 2.73. The highest BCUT2D eigenvalue weighted by atomic mass is 79.9. The van der Waals surface area contributed by atoms with E-state index < -0.39 is 0 Å². The predicted octanol–water partition coefficient (Wildman–Crippen LogP) is 4.99. The van der Waals surface area contributed by atoms with Crippen molar-refractivity contribution in [3.8, 4) is 0 Å². The maximum absolute atomic E-state index is 3.60. The monoisotopic (exact) mass is 331 g/mol. The number of halogens is 1. The summed E-state index contributed by atoms with van der Waals surface area (Å²) >= 11 is 3.60. The Morgan fingerprint density at radius 1 is 0.850 bits per heavy atom. The molecule has 0 aliphatic carbocycles. The summed E-state index contributed by atoms with van der Waals surface area (Å²) in [6.07, 6.45) is 0. The van der Waals surface area contributed by atoms with Gasteiger partial charge in [0.05, 0.1) is 6.04 Å². The number of hydrogen-bond acceptors (Lipinski definition) is 1. The van der Waals surface area contributed by atoms with Crippen molar-refractivity contribution in [2.75, 3.05) is 7.05 Å². The second-order valence-electron chi connectivity index (χ2n) is 5.58. The molecule has 2 aromatic rings. The summed E-state index contributed by atoms with van der Waals surface area (Å²) < 4.78 is 1.13. The van der Waals surface area contributed by atoms with Crippen LogP contribution in [-0.4, -0.2) is 7.05 Å². The van der Waals surface area contributed by atoms with Gasteiger partial charge < -0.3 is 5.32 Å². The van der Waals surface area contributed by atoms with Crippen LogP contribution in [0.15, 0.2) is 34.8 Å². The number of aryl methyl sites for hydroxylation is 4. The van der Waals surface area contributed by atoms with Crippen molar-refractivity contribution in [3.05, 3.63) is 68.2 Å². The van der Waals surface area contributed by atoms with E-state index in [1.807, 2.05) is 7.05 Å². The molecule has 1 nitrogen and oxygen atoms in total. The summed E-state index contributed by atoms with van der Waals surface area (Å²) in [5, 5.41) is 3.46. The van der Waals surface area contributed by atoms with Crippen LogP contribution >= 0.6 is 15.9 Å². The van der Waals surface area contributed by atoms with Crippen LogP contribution in [0.2, 0.25) is 0 Å². The number of hydrogen-bond donors (Lipinski definition) is 1.